The van der Waals surface area contributed by atoms with E-state index in [0.717, 1.165) is 5.56 Å². The van der Waals surface area contributed by atoms with Gasteiger partial charge in [0.2, 0.25) is 5.91 Å². The minimum absolute atomic E-state index is 0.136. The van der Waals surface area contributed by atoms with Gasteiger partial charge in [-0.15, -0.1) is 10.2 Å². The molecule has 29 heavy (non-hydrogen) atoms. The van der Waals surface area contributed by atoms with Crippen molar-refractivity contribution in [2.75, 3.05) is 24.3 Å². The van der Waals surface area contributed by atoms with E-state index in [9.17, 15) is 4.79 Å². The highest BCUT2D eigenvalue weighted by atomic mass is 32.2. The van der Waals surface area contributed by atoms with Gasteiger partial charge in [0.05, 0.1) is 31.0 Å². The van der Waals surface area contributed by atoms with Gasteiger partial charge < -0.3 is 14.2 Å². The Balaban J connectivity index is 1.76. The highest BCUT2D eigenvalue weighted by Crippen LogP contribution is 2.29. The molecule has 0 radical (unpaired) electrons. The molecule has 148 valence electrons. The van der Waals surface area contributed by atoms with Gasteiger partial charge >= 0.3 is 0 Å². The van der Waals surface area contributed by atoms with Crippen molar-refractivity contribution in [3.05, 3.63) is 48.8 Å². The molecular formula is C20H20N6O2S. The van der Waals surface area contributed by atoms with Crippen molar-refractivity contribution in [3.8, 4) is 23.2 Å². The van der Waals surface area contributed by atoms with E-state index in [1.54, 1.807) is 30.5 Å². The van der Waals surface area contributed by atoms with E-state index in [-0.39, 0.29) is 24.6 Å². The second kappa shape index (κ2) is 9.71. The third kappa shape index (κ3) is 4.73. The number of para-hydroxylation sites is 2. The normalized spacial score (nSPS) is 10.4. The molecule has 3 rings (SSSR count). The molecule has 0 unspecified atom stereocenters. The first-order valence-electron chi connectivity index (χ1n) is 8.88. The highest BCUT2D eigenvalue weighted by Gasteiger charge is 2.20. The Labute approximate surface area is 173 Å². The summed E-state index contributed by atoms with van der Waals surface area (Å²) in [6.45, 7) is 0.289. The molecule has 3 aromatic rings. The zero-order valence-electron chi connectivity index (χ0n) is 16.1. The number of anilines is 1. The lowest BCUT2D eigenvalue weighted by atomic mass is 10.2. The van der Waals surface area contributed by atoms with Crippen molar-refractivity contribution in [3.63, 3.8) is 0 Å². The molecule has 2 heterocycles. The molecule has 1 amide bonds. The van der Waals surface area contributed by atoms with Crippen LogP contribution in [0.25, 0.3) is 11.4 Å². The van der Waals surface area contributed by atoms with Crippen LogP contribution in [0.15, 0.2) is 53.9 Å². The number of pyridine rings is 1. The summed E-state index contributed by atoms with van der Waals surface area (Å²) in [4.78, 5) is 18.5. The van der Waals surface area contributed by atoms with Crippen LogP contribution in [0.5, 0.6) is 5.75 Å². The number of hydrogen-bond donors (Lipinski definition) is 0. The molecule has 0 fully saturated rings. The van der Waals surface area contributed by atoms with Crippen molar-refractivity contribution < 1.29 is 9.53 Å². The van der Waals surface area contributed by atoms with Gasteiger partial charge in [-0.25, -0.2) is 0 Å². The fraction of sp³-hybridized carbons (Fsp3) is 0.250. The summed E-state index contributed by atoms with van der Waals surface area (Å²) in [5.74, 6) is 1.31. The number of amides is 1. The van der Waals surface area contributed by atoms with E-state index >= 15 is 0 Å². The van der Waals surface area contributed by atoms with Crippen molar-refractivity contribution in [1.29, 1.82) is 5.26 Å². The van der Waals surface area contributed by atoms with Crippen LogP contribution in [0.4, 0.5) is 5.69 Å². The zero-order valence-corrected chi connectivity index (χ0v) is 17.0. The number of aromatic nitrogens is 4. The van der Waals surface area contributed by atoms with Crippen LogP contribution in [-0.2, 0) is 11.8 Å². The molecule has 2 aromatic heterocycles. The largest absolute Gasteiger partial charge is 0.495 e. The number of nitrogens with zero attached hydrogens (tertiary/aromatic N) is 6. The average molecular weight is 408 g/mol. The Morgan fingerprint density at radius 2 is 2.00 bits per heavy atom. The lowest BCUT2D eigenvalue weighted by Crippen LogP contribution is -2.33. The number of thioether (sulfide) groups is 1. The van der Waals surface area contributed by atoms with Gasteiger partial charge in [0.15, 0.2) is 11.0 Å². The van der Waals surface area contributed by atoms with Gasteiger partial charge in [0.25, 0.3) is 0 Å². The van der Waals surface area contributed by atoms with Crippen LogP contribution in [0.1, 0.15) is 6.42 Å². The molecule has 0 atom stereocenters. The predicted octanol–water partition coefficient (Wildman–Crippen LogP) is 2.92. The molecule has 1 aromatic carbocycles. The summed E-state index contributed by atoms with van der Waals surface area (Å²) in [5, 5.41) is 18.0. The van der Waals surface area contributed by atoms with Crippen LogP contribution in [0.3, 0.4) is 0 Å². The van der Waals surface area contributed by atoms with Gasteiger partial charge in [-0.1, -0.05) is 23.9 Å². The SMILES string of the molecule is COc1ccccc1N(CCC#N)C(=O)CSc1nnc(-c2ccncc2)n1C. The quantitative estimate of drug-likeness (QED) is 0.529. The predicted molar refractivity (Wildman–Crippen MR) is 111 cm³/mol. The van der Waals surface area contributed by atoms with Gasteiger partial charge in [-0.3, -0.25) is 9.78 Å². The summed E-state index contributed by atoms with van der Waals surface area (Å²) in [6, 6.07) is 13.1. The number of ether oxygens (including phenoxy) is 1. The molecule has 0 bridgehead atoms. The Morgan fingerprint density at radius 3 is 2.72 bits per heavy atom. The maximum Gasteiger partial charge on any atom is 0.237 e. The van der Waals surface area contributed by atoms with E-state index in [0.29, 0.717) is 22.4 Å². The number of carbonyl (C=O) groups is 1. The van der Waals surface area contributed by atoms with Gasteiger partial charge in [-0.2, -0.15) is 5.26 Å². The summed E-state index contributed by atoms with van der Waals surface area (Å²) < 4.78 is 7.22. The lowest BCUT2D eigenvalue weighted by molar-refractivity contribution is -0.116. The Kier molecular flexibility index (Phi) is 6.81. The summed E-state index contributed by atoms with van der Waals surface area (Å²) in [5.41, 5.74) is 1.55. The van der Waals surface area contributed by atoms with Crippen molar-refractivity contribution >= 4 is 23.4 Å². The highest BCUT2D eigenvalue weighted by molar-refractivity contribution is 7.99. The summed E-state index contributed by atoms with van der Waals surface area (Å²) in [7, 11) is 3.41. The number of rotatable bonds is 8. The van der Waals surface area contributed by atoms with Crippen molar-refractivity contribution in [2.24, 2.45) is 7.05 Å². The smallest absolute Gasteiger partial charge is 0.237 e. The Hall–Kier alpha value is -3.38. The van der Waals surface area contributed by atoms with Crippen LogP contribution in [0, 0.1) is 11.3 Å². The van der Waals surface area contributed by atoms with Crippen LogP contribution < -0.4 is 9.64 Å². The lowest BCUT2D eigenvalue weighted by Gasteiger charge is -2.23. The monoisotopic (exact) mass is 408 g/mol. The molecule has 0 aliphatic carbocycles. The minimum Gasteiger partial charge on any atom is -0.495 e. The van der Waals surface area contributed by atoms with E-state index in [4.69, 9.17) is 10.00 Å². The summed E-state index contributed by atoms with van der Waals surface area (Å²) in [6.07, 6.45) is 3.62. The van der Waals surface area contributed by atoms with Gasteiger partial charge in [0, 0.05) is 31.5 Å². The fourth-order valence-electron chi connectivity index (χ4n) is 2.79. The van der Waals surface area contributed by atoms with E-state index in [1.807, 2.05) is 41.9 Å². The minimum atomic E-state index is -0.136. The molecule has 9 heteroatoms. The number of carbonyl (C=O) groups excluding carboxylic acids is 1. The molecular weight excluding hydrogens is 388 g/mol. The number of benzene rings is 1. The van der Waals surface area contributed by atoms with Crippen molar-refractivity contribution in [2.45, 2.75) is 11.6 Å². The number of methoxy groups -OCH3 is 1. The second-order valence-corrected chi connectivity index (χ2v) is 6.96. The number of nitriles is 1. The molecule has 0 N–H and O–H groups in total. The Morgan fingerprint density at radius 1 is 1.24 bits per heavy atom. The molecule has 0 aliphatic rings. The maximum atomic E-state index is 13.0. The van der Waals surface area contributed by atoms with Gasteiger partial charge in [0.1, 0.15) is 5.75 Å². The molecule has 0 aliphatic heterocycles. The Bertz CT molecular complexity index is 1020. The van der Waals surface area contributed by atoms with E-state index in [1.165, 1.54) is 11.8 Å². The topological polar surface area (TPSA) is 96.9 Å². The summed E-state index contributed by atoms with van der Waals surface area (Å²) >= 11 is 1.30. The third-order valence-electron chi connectivity index (χ3n) is 4.22. The van der Waals surface area contributed by atoms with Crippen LogP contribution in [-0.4, -0.2) is 45.1 Å². The van der Waals surface area contributed by atoms with Gasteiger partial charge in [-0.05, 0) is 24.3 Å². The fourth-order valence-corrected chi connectivity index (χ4v) is 3.58. The first-order valence-corrected chi connectivity index (χ1v) is 9.87. The first-order chi connectivity index (χ1) is 14.2. The van der Waals surface area contributed by atoms with Crippen LogP contribution >= 0.6 is 11.8 Å². The van der Waals surface area contributed by atoms with Crippen LogP contribution in [0.2, 0.25) is 0 Å². The molecule has 0 saturated carbocycles. The maximum absolute atomic E-state index is 13.0. The average Bonchev–Trinajstić information content (AvgIpc) is 3.13. The van der Waals surface area contributed by atoms with E-state index in [2.05, 4.69) is 21.3 Å². The standard InChI is InChI=1S/C20H20N6O2S/c1-25-19(15-8-11-22-12-9-15)23-24-20(25)29-14-18(27)26(13-5-10-21)16-6-3-4-7-17(16)28-2/h3-4,6-9,11-12H,5,13-14H2,1-2H3. The van der Waals surface area contributed by atoms with Crippen molar-refractivity contribution in [1.82, 2.24) is 19.7 Å². The van der Waals surface area contributed by atoms with E-state index < -0.39 is 0 Å². The number of hydrogen-bond acceptors (Lipinski definition) is 7. The zero-order chi connectivity index (χ0) is 20.6. The third-order valence-corrected chi connectivity index (χ3v) is 5.23. The molecule has 0 saturated heterocycles. The molecule has 0 spiro atoms. The second-order valence-electron chi connectivity index (χ2n) is 6.02. The molecule has 8 nitrogen and oxygen atoms in total. The first kappa shape index (κ1) is 20.4.